The molecule has 2 heterocycles. The van der Waals surface area contributed by atoms with Crippen molar-refractivity contribution in [1.82, 2.24) is 14.5 Å². The fraction of sp³-hybridized carbons (Fsp3) is 0.176. The molecule has 8 heteroatoms. The maximum atomic E-state index is 12.5. The van der Waals surface area contributed by atoms with Crippen LogP contribution in [0.1, 0.15) is 12.0 Å². The molecule has 128 valence electrons. The highest BCUT2D eigenvalue weighted by atomic mass is 16.3. The summed E-state index contributed by atoms with van der Waals surface area (Å²) >= 11 is 0. The van der Waals surface area contributed by atoms with E-state index in [9.17, 15) is 14.7 Å². The number of carbonyl (C=O) groups excluding carboxylic acids is 1. The van der Waals surface area contributed by atoms with Crippen LogP contribution in [0.3, 0.4) is 0 Å². The number of nitrogens with two attached hydrogens (primary N) is 1. The number of aryl methyl sites for hydroxylation is 1. The van der Waals surface area contributed by atoms with Crippen molar-refractivity contribution in [2.45, 2.75) is 19.6 Å². The van der Waals surface area contributed by atoms with E-state index in [1.54, 1.807) is 36.7 Å². The Bertz CT molecular complexity index is 983. The van der Waals surface area contributed by atoms with Gasteiger partial charge in [0.2, 0.25) is 11.9 Å². The number of anilines is 2. The van der Waals surface area contributed by atoms with Gasteiger partial charge in [-0.2, -0.15) is 0 Å². The first kappa shape index (κ1) is 16.6. The lowest BCUT2D eigenvalue weighted by atomic mass is 10.2. The molecule has 25 heavy (non-hydrogen) atoms. The molecular formula is C17H17N5O3. The van der Waals surface area contributed by atoms with Gasteiger partial charge in [-0.1, -0.05) is 12.1 Å². The van der Waals surface area contributed by atoms with Crippen molar-refractivity contribution < 1.29 is 9.90 Å². The van der Waals surface area contributed by atoms with Crippen molar-refractivity contribution in [3.63, 3.8) is 0 Å². The molecule has 0 fully saturated rings. The second kappa shape index (κ2) is 7.10. The molecule has 1 amide bonds. The van der Waals surface area contributed by atoms with Crippen LogP contribution >= 0.6 is 0 Å². The van der Waals surface area contributed by atoms with Crippen LogP contribution in [-0.4, -0.2) is 25.5 Å². The van der Waals surface area contributed by atoms with E-state index in [0.717, 1.165) is 5.56 Å². The Balaban J connectivity index is 1.93. The zero-order valence-electron chi connectivity index (χ0n) is 13.3. The molecule has 0 spiro atoms. The van der Waals surface area contributed by atoms with Gasteiger partial charge in [-0.3, -0.25) is 9.59 Å². The van der Waals surface area contributed by atoms with Crippen LogP contribution in [0, 0.1) is 0 Å². The van der Waals surface area contributed by atoms with Crippen LogP contribution in [-0.2, 0) is 17.9 Å². The topological polar surface area (TPSA) is 123 Å². The molecule has 0 atom stereocenters. The van der Waals surface area contributed by atoms with Gasteiger partial charge in [0.1, 0.15) is 5.52 Å². The van der Waals surface area contributed by atoms with Gasteiger partial charge in [-0.15, -0.1) is 0 Å². The number of hydrogen-bond acceptors (Lipinski definition) is 6. The predicted octanol–water partition coefficient (Wildman–Crippen LogP) is 0.903. The van der Waals surface area contributed by atoms with E-state index in [4.69, 9.17) is 5.73 Å². The molecule has 4 N–H and O–H groups in total. The summed E-state index contributed by atoms with van der Waals surface area (Å²) in [5.41, 5.74) is 6.52. The number of aliphatic hydroxyl groups is 1. The van der Waals surface area contributed by atoms with Crippen molar-refractivity contribution >= 4 is 28.4 Å². The number of aromatic nitrogens is 3. The van der Waals surface area contributed by atoms with E-state index in [-0.39, 0.29) is 36.6 Å². The summed E-state index contributed by atoms with van der Waals surface area (Å²) in [5.74, 6) is -0.201. The summed E-state index contributed by atoms with van der Waals surface area (Å²) < 4.78 is 1.40. The molecule has 0 bridgehead atoms. The minimum absolute atomic E-state index is 0.0708. The van der Waals surface area contributed by atoms with E-state index in [0.29, 0.717) is 11.1 Å². The third-order valence-corrected chi connectivity index (χ3v) is 3.68. The van der Waals surface area contributed by atoms with E-state index < -0.39 is 5.91 Å². The molecule has 8 nitrogen and oxygen atoms in total. The maximum Gasteiger partial charge on any atom is 0.277 e. The molecule has 3 rings (SSSR count). The Labute approximate surface area is 143 Å². The average molecular weight is 339 g/mol. The van der Waals surface area contributed by atoms with Crippen molar-refractivity contribution in [1.29, 1.82) is 0 Å². The van der Waals surface area contributed by atoms with Crippen molar-refractivity contribution in [3.8, 4) is 0 Å². The summed E-state index contributed by atoms with van der Waals surface area (Å²) in [4.78, 5) is 31.9. The highest BCUT2D eigenvalue weighted by Crippen LogP contribution is 2.16. The van der Waals surface area contributed by atoms with Gasteiger partial charge < -0.3 is 20.7 Å². The zero-order valence-corrected chi connectivity index (χ0v) is 13.3. The van der Waals surface area contributed by atoms with E-state index in [1.165, 1.54) is 4.57 Å². The zero-order chi connectivity index (χ0) is 17.8. The summed E-state index contributed by atoms with van der Waals surface area (Å²) in [6, 6.07) is 8.88. The number of benzene rings is 1. The van der Waals surface area contributed by atoms with Crippen LogP contribution in [0.25, 0.3) is 10.9 Å². The number of fused-ring (bicyclic) bond motifs is 1. The maximum absolute atomic E-state index is 12.5. The summed E-state index contributed by atoms with van der Waals surface area (Å²) in [6.07, 6.45) is 3.23. The highest BCUT2D eigenvalue weighted by molar-refractivity contribution is 5.78. The molecule has 0 saturated heterocycles. The molecule has 0 radical (unpaired) electrons. The number of rotatable bonds is 6. The molecule has 2 aromatic heterocycles. The Kier molecular flexibility index (Phi) is 4.71. The molecular weight excluding hydrogens is 322 g/mol. The monoisotopic (exact) mass is 339 g/mol. The second-order valence-electron chi connectivity index (χ2n) is 5.51. The number of carbonyl (C=O) groups is 1. The normalized spacial score (nSPS) is 10.8. The predicted molar refractivity (Wildman–Crippen MR) is 93.3 cm³/mol. The van der Waals surface area contributed by atoms with Crippen LogP contribution < -0.4 is 16.6 Å². The minimum atomic E-state index is -0.471. The fourth-order valence-electron chi connectivity index (χ4n) is 2.40. The van der Waals surface area contributed by atoms with Crippen LogP contribution in [0.5, 0.6) is 0 Å². The van der Waals surface area contributed by atoms with Gasteiger partial charge in [0.15, 0.2) is 0 Å². The first-order valence-electron chi connectivity index (χ1n) is 7.68. The molecule has 0 saturated carbocycles. The Hall–Kier alpha value is -3.26. The smallest absolute Gasteiger partial charge is 0.277 e. The number of nitrogens with one attached hydrogen (secondary N) is 1. The molecule has 0 aliphatic rings. The first-order chi connectivity index (χ1) is 12.1. The van der Waals surface area contributed by atoms with Gasteiger partial charge in [-0.25, -0.2) is 9.97 Å². The Morgan fingerprint density at radius 1 is 1.32 bits per heavy atom. The van der Waals surface area contributed by atoms with Crippen molar-refractivity contribution in [2.75, 3.05) is 5.32 Å². The molecule has 1 aromatic carbocycles. The van der Waals surface area contributed by atoms with Gasteiger partial charge >= 0.3 is 0 Å². The lowest BCUT2D eigenvalue weighted by Crippen LogP contribution is -2.23. The summed E-state index contributed by atoms with van der Waals surface area (Å²) in [7, 11) is 0. The van der Waals surface area contributed by atoms with E-state index in [2.05, 4.69) is 15.3 Å². The van der Waals surface area contributed by atoms with Crippen molar-refractivity contribution in [2.24, 2.45) is 5.73 Å². The SMILES string of the molecule is NC(=O)CCn1ccc2cnc(Nc3cccc(CO)c3)nc2c1=O. The summed E-state index contributed by atoms with van der Waals surface area (Å²) in [5, 5.41) is 12.8. The highest BCUT2D eigenvalue weighted by Gasteiger charge is 2.08. The fourth-order valence-corrected chi connectivity index (χ4v) is 2.40. The van der Waals surface area contributed by atoms with Gasteiger partial charge in [0.25, 0.3) is 5.56 Å². The summed E-state index contributed by atoms with van der Waals surface area (Å²) in [6.45, 7) is 0.133. The number of pyridine rings is 1. The largest absolute Gasteiger partial charge is 0.392 e. The molecule has 0 aliphatic heterocycles. The molecule has 0 unspecified atom stereocenters. The Morgan fingerprint density at radius 3 is 2.92 bits per heavy atom. The lowest BCUT2D eigenvalue weighted by Gasteiger charge is -2.08. The van der Waals surface area contributed by atoms with Crippen LogP contribution in [0.15, 0.2) is 47.5 Å². The van der Waals surface area contributed by atoms with Crippen LogP contribution in [0.4, 0.5) is 11.6 Å². The minimum Gasteiger partial charge on any atom is -0.392 e. The Morgan fingerprint density at radius 2 is 2.16 bits per heavy atom. The van der Waals surface area contributed by atoms with Crippen LogP contribution in [0.2, 0.25) is 0 Å². The quantitative estimate of drug-likeness (QED) is 0.613. The van der Waals surface area contributed by atoms with Crippen molar-refractivity contribution in [3.05, 3.63) is 58.6 Å². The molecule has 0 aliphatic carbocycles. The first-order valence-corrected chi connectivity index (χ1v) is 7.68. The van der Waals surface area contributed by atoms with Gasteiger partial charge in [0, 0.05) is 36.4 Å². The molecule has 3 aromatic rings. The van der Waals surface area contributed by atoms with Gasteiger partial charge in [-0.05, 0) is 23.8 Å². The standard InChI is InChI=1S/C17H17N5O3/c18-14(24)5-7-22-6-4-12-9-19-17(21-15(12)16(22)25)20-13-3-1-2-11(8-13)10-23/h1-4,6,8-9,23H,5,7,10H2,(H2,18,24)(H,19,20,21). The number of nitrogens with zero attached hydrogens (tertiary/aromatic N) is 3. The third kappa shape index (κ3) is 3.81. The van der Waals surface area contributed by atoms with E-state index in [1.807, 2.05) is 6.07 Å². The number of amides is 1. The second-order valence-corrected chi connectivity index (χ2v) is 5.51. The number of primary amides is 1. The van der Waals surface area contributed by atoms with E-state index >= 15 is 0 Å². The lowest BCUT2D eigenvalue weighted by molar-refractivity contribution is -0.118. The van der Waals surface area contributed by atoms with Gasteiger partial charge in [0.05, 0.1) is 6.61 Å². The number of hydrogen-bond donors (Lipinski definition) is 3. The average Bonchev–Trinajstić information content (AvgIpc) is 2.61. The third-order valence-electron chi connectivity index (χ3n) is 3.68. The number of aliphatic hydroxyl groups excluding tert-OH is 1.